The minimum atomic E-state index is -0.221. The third-order valence-corrected chi connectivity index (χ3v) is 2.70. The van der Waals surface area contributed by atoms with E-state index in [-0.39, 0.29) is 12.5 Å². The molecule has 1 aromatic carbocycles. The molecule has 5 heteroatoms. The van der Waals surface area contributed by atoms with Gasteiger partial charge in [-0.05, 0) is 32.0 Å². The summed E-state index contributed by atoms with van der Waals surface area (Å²) in [7, 11) is 1.86. The number of hydrogen-bond donors (Lipinski definition) is 1. The molecule has 18 heavy (non-hydrogen) atoms. The standard InChI is InChI=1S/C13H17N3O2/c1-4-18-13(17)8-16(3)10-5-6-11-12(7-10)15-9(2)14-11/h5-7H,4,8H2,1-3H3,(H,14,15). The van der Waals surface area contributed by atoms with E-state index < -0.39 is 0 Å². The molecular weight excluding hydrogens is 230 g/mol. The summed E-state index contributed by atoms with van der Waals surface area (Å²) >= 11 is 0. The zero-order valence-corrected chi connectivity index (χ0v) is 10.9. The van der Waals surface area contributed by atoms with Crippen molar-refractivity contribution in [3.8, 4) is 0 Å². The summed E-state index contributed by atoms with van der Waals surface area (Å²) in [5, 5.41) is 0. The molecule has 96 valence electrons. The molecule has 0 atom stereocenters. The number of nitrogens with one attached hydrogen (secondary N) is 1. The van der Waals surface area contributed by atoms with Crippen LogP contribution >= 0.6 is 0 Å². The van der Waals surface area contributed by atoms with Crippen LogP contribution in [0.2, 0.25) is 0 Å². The van der Waals surface area contributed by atoms with E-state index in [1.165, 1.54) is 0 Å². The number of ether oxygens (including phenoxy) is 1. The van der Waals surface area contributed by atoms with Crippen molar-refractivity contribution in [1.82, 2.24) is 9.97 Å². The van der Waals surface area contributed by atoms with Crippen molar-refractivity contribution in [2.24, 2.45) is 0 Å². The van der Waals surface area contributed by atoms with Gasteiger partial charge < -0.3 is 14.6 Å². The maximum absolute atomic E-state index is 11.4. The van der Waals surface area contributed by atoms with Crippen LogP contribution in [-0.2, 0) is 9.53 Å². The molecule has 2 aromatic rings. The van der Waals surface area contributed by atoms with Crippen LogP contribution in [0, 0.1) is 6.92 Å². The van der Waals surface area contributed by atoms with E-state index in [2.05, 4.69) is 9.97 Å². The second kappa shape index (κ2) is 5.08. The first-order valence-electron chi connectivity index (χ1n) is 5.93. The Hall–Kier alpha value is -2.04. The van der Waals surface area contributed by atoms with Crippen molar-refractivity contribution in [3.63, 3.8) is 0 Å². The first-order valence-corrected chi connectivity index (χ1v) is 5.93. The number of aromatic amines is 1. The lowest BCUT2D eigenvalue weighted by Gasteiger charge is -2.17. The third-order valence-electron chi connectivity index (χ3n) is 2.70. The number of esters is 1. The van der Waals surface area contributed by atoms with Crippen LogP contribution in [0.4, 0.5) is 5.69 Å². The number of H-pyrrole nitrogens is 1. The molecule has 0 saturated heterocycles. The molecule has 0 spiro atoms. The monoisotopic (exact) mass is 247 g/mol. The molecule has 1 heterocycles. The third kappa shape index (κ3) is 2.61. The predicted molar refractivity (Wildman–Crippen MR) is 70.7 cm³/mol. The Bertz CT molecular complexity index is 562. The average Bonchev–Trinajstić information content (AvgIpc) is 2.68. The van der Waals surface area contributed by atoms with Crippen LogP contribution in [0.25, 0.3) is 11.0 Å². The molecule has 0 aliphatic heterocycles. The minimum absolute atomic E-state index is 0.221. The summed E-state index contributed by atoms with van der Waals surface area (Å²) in [6, 6.07) is 5.87. The maximum Gasteiger partial charge on any atom is 0.325 e. The fraction of sp³-hybridized carbons (Fsp3) is 0.385. The van der Waals surface area contributed by atoms with Gasteiger partial charge in [-0.2, -0.15) is 0 Å². The number of rotatable bonds is 4. The Morgan fingerprint density at radius 3 is 3.00 bits per heavy atom. The lowest BCUT2D eigenvalue weighted by atomic mass is 10.2. The molecule has 0 aliphatic carbocycles. The van der Waals surface area contributed by atoms with Crippen molar-refractivity contribution < 1.29 is 9.53 Å². The average molecular weight is 247 g/mol. The molecule has 0 bridgehead atoms. The molecule has 2 rings (SSSR count). The number of benzene rings is 1. The highest BCUT2D eigenvalue weighted by molar-refractivity contribution is 5.81. The Kier molecular flexibility index (Phi) is 3.50. The fourth-order valence-corrected chi connectivity index (χ4v) is 1.85. The van der Waals surface area contributed by atoms with Crippen molar-refractivity contribution in [3.05, 3.63) is 24.0 Å². The summed E-state index contributed by atoms with van der Waals surface area (Å²) in [5.74, 6) is 0.663. The highest BCUT2D eigenvalue weighted by atomic mass is 16.5. The number of nitrogens with zero attached hydrogens (tertiary/aromatic N) is 2. The zero-order valence-electron chi connectivity index (χ0n) is 10.9. The first kappa shape index (κ1) is 12.4. The molecule has 0 amide bonds. The number of hydrogen-bond acceptors (Lipinski definition) is 4. The lowest BCUT2D eigenvalue weighted by Crippen LogP contribution is -2.27. The largest absolute Gasteiger partial charge is 0.465 e. The van der Waals surface area contributed by atoms with Crippen LogP contribution in [0.1, 0.15) is 12.7 Å². The molecule has 0 aliphatic rings. The van der Waals surface area contributed by atoms with E-state index in [0.717, 1.165) is 22.5 Å². The summed E-state index contributed by atoms with van der Waals surface area (Å²) in [5.41, 5.74) is 2.86. The highest BCUT2D eigenvalue weighted by Gasteiger charge is 2.09. The van der Waals surface area contributed by atoms with Crippen molar-refractivity contribution in [2.75, 3.05) is 25.1 Å². The normalized spacial score (nSPS) is 10.6. The van der Waals surface area contributed by atoms with E-state index >= 15 is 0 Å². The van der Waals surface area contributed by atoms with Gasteiger partial charge in [0.05, 0.1) is 17.6 Å². The number of aromatic nitrogens is 2. The number of likely N-dealkylation sites (N-methyl/N-ethyl adjacent to an activating group) is 1. The maximum atomic E-state index is 11.4. The second-order valence-electron chi connectivity index (χ2n) is 4.18. The number of anilines is 1. The van der Waals surface area contributed by atoms with Gasteiger partial charge in [-0.15, -0.1) is 0 Å². The summed E-state index contributed by atoms with van der Waals surface area (Å²) in [6.45, 7) is 4.37. The van der Waals surface area contributed by atoms with Gasteiger partial charge in [-0.25, -0.2) is 4.98 Å². The van der Waals surface area contributed by atoms with E-state index in [1.807, 2.05) is 37.1 Å². The van der Waals surface area contributed by atoms with Crippen LogP contribution in [0.3, 0.4) is 0 Å². The van der Waals surface area contributed by atoms with Gasteiger partial charge in [0.2, 0.25) is 0 Å². The van der Waals surface area contributed by atoms with Crippen LogP contribution < -0.4 is 4.90 Å². The molecule has 1 aromatic heterocycles. The summed E-state index contributed by atoms with van der Waals surface area (Å²) < 4.78 is 4.92. The number of fused-ring (bicyclic) bond motifs is 1. The zero-order chi connectivity index (χ0) is 13.1. The molecule has 0 unspecified atom stereocenters. The summed E-state index contributed by atoms with van der Waals surface area (Å²) in [6.07, 6.45) is 0. The molecule has 0 saturated carbocycles. The smallest absolute Gasteiger partial charge is 0.325 e. The summed E-state index contributed by atoms with van der Waals surface area (Å²) in [4.78, 5) is 20.8. The minimum Gasteiger partial charge on any atom is -0.465 e. The van der Waals surface area contributed by atoms with E-state index in [9.17, 15) is 4.79 Å². The highest BCUT2D eigenvalue weighted by Crippen LogP contribution is 2.19. The van der Waals surface area contributed by atoms with Gasteiger partial charge in [-0.1, -0.05) is 0 Å². The van der Waals surface area contributed by atoms with Crippen LogP contribution in [0.15, 0.2) is 18.2 Å². The van der Waals surface area contributed by atoms with Gasteiger partial charge >= 0.3 is 5.97 Å². The SMILES string of the molecule is CCOC(=O)CN(C)c1ccc2nc(C)[nH]c2c1. The van der Waals surface area contributed by atoms with Gasteiger partial charge in [-0.3, -0.25) is 4.79 Å². The Balaban J connectivity index is 2.17. The van der Waals surface area contributed by atoms with Gasteiger partial charge in [0.1, 0.15) is 12.4 Å². The van der Waals surface area contributed by atoms with Gasteiger partial charge in [0.15, 0.2) is 0 Å². The van der Waals surface area contributed by atoms with E-state index in [4.69, 9.17) is 4.74 Å². The Morgan fingerprint density at radius 1 is 1.50 bits per heavy atom. The van der Waals surface area contributed by atoms with Crippen LogP contribution in [0.5, 0.6) is 0 Å². The number of carbonyl (C=O) groups is 1. The Morgan fingerprint density at radius 2 is 2.28 bits per heavy atom. The van der Waals surface area contributed by atoms with Crippen molar-refractivity contribution in [2.45, 2.75) is 13.8 Å². The lowest BCUT2D eigenvalue weighted by molar-refractivity contribution is -0.141. The van der Waals surface area contributed by atoms with Crippen molar-refractivity contribution >= 4 is 22.7 Å². The predicted octanol–water partition coefficient (Wildman–Crippen LogP) is 1.87. The molecular formula is C13H17N3O2. The molecule has 5 nitrogen and oxygen atoms in total. The molecule has 1 N–H and O–H groups in total. The van der Waals surface area contributed by atoms with Gasteiger partial charge in [0, 0.05) is 12.7 Å². The molecule has 0 fully saturated rings. The molecule has 0 radical (unpaired) electrons. The van der Waals surface area contributed by atoms with Crippen LogP contribution in [-0.4, -0.2) is 36.1 Å². The van der Waals surface area contributed by atoms with E-state index in [0.29, 0.717) is 6.61 Å². The van der Waals surface area contributed by atoms with Gasteiger partial charge in [0.25, 0.3) is 0 Å². The Labute approximate surface area is 106 Å². The second-order valence-corrected chi connectivity index (χ2v) is 4.18. The first-order chi connectivity index (χ1) is 8.60. The van der Waals surface area contributed by atoms with Crippen molar-refractivity contribution in [1.29, 1.82) is 0 Å². The van der Waals surface area contributed by atoms with E-state index in [1.54, 1.807) is 6.92 Å². The number of aryl methyl sites for hydroxylation is 1. The fourth-order valence-electron chi connectivity index (χ4n) is 1.85. The topological polar surface area (TPSA) is 58.2 Å². The number of carbonyl (C=O) groups excluding carboxylic acids is 1. The quantitative estimate of drug-likeness (QED) is 0.838. The number of imidazole rings is 1.